The normalized spacial score (nSPS) is 18.4. The molecule has 1 aliphatic rings. The third kappa shape index (κ3) is 4.43. The van der Waals surface area contributed by atoms with Crippen LogP contribution in [-0.2, 0) is 11.2 Å². The van der Waals surface area contributed by atoms with Crippen molar-refractivity contribution in [3.63, 3.8) is 0 Å². The lowest BCUT2D eigenvalue weighted by atomic mass is 9.74. The smallest absolute Gasteiger partial charge is 0.257 e. The second kappa shape index (κ2) is 9.20. The summed E-state index contributed by atoms with van der Waals surface area (Å²) in [6, 6.07) is 12.5. The van der Waals surface area contributed by atoms with E-state index in [0.717, 1.165) is 24.0 Å². The minimum atomic E-state index is -0.670. The van der Waals surface area contributed by atoms with Crippen LogP contribution in [0, 0.1) is 19.3 Å². The minimum absolute atomic E-state index is 0.0200. The summed E-state index contributed by atoms with van der Waals surface area (Å²) in [5.41, 5.74) is 2.76. The molecule has 1 saturated heterocycles. The Morgan fingerprint density at radius 3 is 2.78 bits per heavy atom. The van der Waals surface area contributed by atoms with E-state index < -0.39 is 5.41 Å². The van der Waals surface area contributed by atoms with Gasteiger partial charge in [0.1, 0.15) is 5.82 Å². The van der Waals surface area contributed by atoms with Gasteiger partial charge < -0.3 is 10.2 Å². The van der Waals surface area contributed by atoms with Crippen LogP contribution in [0.15, 0.2) is 48.0 Å². The highest BCUT2D eigenvalue weighted by Crippen LogP contribution is 2.36. The maximum atomic E-state index is 13.3. The van der Waals surface area contributed by atoms with Crippen LogP contribution in [0.25, 0.3) is 10.4 Å². The summed E-state index contributed by atoms with van der Waals surface area (Å²) < 4.78 is 0. The van der Waals surface area contributed by atoms with Gasteiger partial charge in [-0.05, 0) is 55.7 Å². The molecule has 1 N–H and O–H groups in total. The Kier molecular flexibility index (Phi) is 6.37. The fourth-order valence-corrected chi connectivity index (χ4v) is 5.34. The van der Waals surface area contributed by atoms with E-state index in [1.807, 2.05) is 26.0 Å². The van der Waals surface area contributed by atoms with E-state index >= 15 is 0 Å². The summed E-state index contributed by atoms with van der Waals surface area (Å²) in [5, 5.41) is 4.92. The maximum absolute atomic E-state index is 13.3. The van der Waals surface area contributed by atoms with Crippen molar-refractivity contribution in [3.05, 3.63) is 70.6 Å². The molecule has 2 aromatic heterocycles. The largest absolute Gasteiger partial charge is 0.359 e. The van der Waals surface area contributed by atoms with Crippen LogP contribution in [0.5, 0.6) is 0 Å². The van der Waals surface area contributed by atoms with Gasteiger partial charge in [-0.3, -0.25) is 9.59 Å². The molecule has 6 nitrogen and oxygen atoms in total. The Morgan fingerprint density at radius 1 is 1.22 bits per heavy atom. The number of benzene rings is 1. The monoisotopic (exact) mass is 448 g/mol. The van der Waals surface area contributed by atoms with Gasteiger partial charge in [0.15, 0.2) is 0 Å². The highest BCUT2D eigenvalue weighted by atomic mass is 32.1. The van der Waals surface area contributed by atoms with E-state index in [9.17, 15) is 9.59 Å². The lowest BCUT2D eigenvalue weighted by Gasteiger charge is -2.41. The van der Waals surface area contributed by atoms with Crippen LogP contribution in [0.3, 0.4) is 0 Å². The third-order valence-electron chi connectivity index (χ3n) is 6.18. The predicted octanol–water partition coefficient (Wildman–Crippen LogP) is 4.03. The van der Waals surface area contributed by atoms with Crippen molar-refractivity contribution < 1.29 is 9.59 Å². The van der Waals surface area contributed by atoms with Crippen molar-refractivity contribution in [1.82, 2.24) is 20.2 Å². The van der Waals surface area contributed by atoms with Crippen molar-refractivity contribution in [2.24, 2.45) is 5.41 Å². The average Bonchev–Trinajstić information content (AvgIpc) is 3.33. The first-order chi connectivity index (χ1) is 15.4. The SMILES string of the molecule is CNC(=O)[C@@]1(Cc2cccc(-c3cccs3)c2)CCCN(C(=O)c2cnc(C)nc2C)C1. The quantitative estimate of drug-likeness (QED) is 0.639. The standard InChI is InChI=1S/C25H28N4O2S/c1-17-21(15-27-18(2)28-17)23(30)29-11-6-10-25(16-29,24(31)26-3)14-19-7-4-8-20(13-19)22-9-5-12-32-22/h4-5,7-9,12-13,15H,6,10-11,14,16H2,1-3H3,(H,26,31)/t25-/m1/s1. The first-order valence-electron chi connectivity index (χ1n) is 10.9. The first-order valence-corrected chi connectivity index (χ1v) is 11.7. The zero-order valence-corrected chi connectivity index (χ0v) is 19.5. The van der Waals surface area contributed by atoms with E-state index in [4.69, 9.17) is 0 Å². The molecule has 0 aliphatic carbocycles. The zero-order chi connectivity index (χ0) is 22.7. The van der Waals surface area contributed by atoms with E-state index in [1.54, 1.807) is 29.5 Å². The fourth-order valence-electron chi connectivity index (χ4n) is 4.61. The lowest BCUT2D eigenvalue weighted by molar-refractivity contribution is -0.133. The minimum Gasteiger partial charge on any atom is -0.359 e. The number of hydrogen-bond acceptors (Lipinski definition) is 5. The number of aromatic nitrogens is 2. The number of nitrogens with one attached hydrogen (secondary N) is 1. The van der Waals surface area contributed by atoms with Gasteiger partial charge in [0.05, 0.1) is 16.7 Å². The van der Waals surface area contributed by atoms with Gasteiger partial charge >= 0.3 is 0 Å². The zero-order valence-electron chi connectivity index (χ0n) is 18.7. The topological polar surface area (TPSA) is 75.2 Å². The maximum Gasteiger partial charge on any atom is 0.257 e. The van der Waals surface area contributed by atoms with Gasteiger partial charge in [-0.25, -0.2) is 9.97 Å². The average molecular weight is 449 g/mol. The molecular weight excluding hydrogens is 420 g/mol. The molecule has 3 heterocycles. The van der Waals surface area contributed by atoms with E-state index in [2.05, 4.69) is 44.9 Å². The Bertz CT molecular complexity index is 1130. The number of rotatable bonds is 5. The van der Waals surface area contributed by atoms with Crippen LogP contribution in [0.4, 0.5) is 0 Å². The Hall–Kier alpha value is -3.06. The molecule has 1 fully saturated rings. The number of nitrogens with zero attached hydrogens (tertiary/aromatic N) is 3. The lowest BCUT2D eigenvalue weighted by Crippen LogP contribution is -2.54. The van der Waals surface area contributed by atoms with Crippen LogP contribution in [0.2, 0.25) is 0 Å². The number of likely N-dealkylation sites (tertiary alicyclic amines) is 1. The van der Waals surface area contributed by atoms with Crippen LogP contribution < -0.4 is 5.32 Å². The molecule has 0 bridgehead atoms. The number of thiophene rings is 1. The molecular formula is C25H28N4O2S. The molecule has 1 aliphatic heterocycles. The molecule has 166 valence electrons. The summed E-state index contributed by atoms with van der Waals surface area (Å²) >= 11 is 1.70. The Labute approximate surface area is 192 Å². The highest BCUT2D eigenvalue weighted by molar-refractivity contribution is 7.13. The van der Waals surface area contributed by atoms with E-state index in [-0.39, 0.29) is 11.8 Å². The molecule has 1 aromatic carbocycles. The molecule has 2 amide bonds. The van der Waals surface area contributed by atoms with Gasteiger partial charge in [-0.15, -0.1) is 11.3 Å². The number of amides is 2. The summed E-state index contributed by atoms with van der Waals surface area (Å²) in [4.78, 5) is 38.0. The molecule has 7 heteroatoms. The van der Waals surface area contributed by atoms with Crippen molar-refractivity contribution >= 4 is 23.2 Å². The van der Waals surface area contributed by atoms with Crippen LogP contribution in [0.1, 0.15) is 40.3 Å². The highest BCUT2D eigenvalue weighted by Gasteiger charge is 2.43. The molecule has 4 rings (SSSR count). The molecule has 3 aromatic rings. The van der Waals surface area contributed by atoms with Crippen molar-refractivity contribution in [2.75, 3.05) is 20.1 Å². The molecule has 32 heavy (non-hydrogen) atoms. The van der Waals surface area contributed by atoms with Gasteiger partial charge in [0.25, 0.3) is 5.91 Å². The van der Waals surface area contributed by atoms with Gasteiger partial charge in [-0.2, -0.15) is 0 Å². The molecule has 0 unspecified atom stereocenters. The van der Waals surface area contributed by atoms with Crippen LogP contribution >= 0.6 is 11.3 Å². The third-order valence-corrected chi connectivity index (χ3v) is 7.10. The van der Waals surface area contributed by atoms with Gasteiger partial charge in [0.2, 0.25) is 5.91 Å². The number of hydrogen-bond donors (Lipinski definition) is 1. The summed E-state index contributed by atoms with van der Waals surface area (Å²) in [7, 11) is 1.67. The van der Waals surface area contributed by atoms with Crippen molar-refractivity contribution in [2.45, 2.75) is 33.1 Å². The number of piperidine rings is 1. The molecule has 0 saturated carbocycles. The Balaban J connectivity index is 1.62. The molecule has 0 spiro atoms. The van der Waals surface area contributed by atoms with E-state index in [1.165, 1.54) is 4.88 Å². The second-order valence-corrected chi connectivity index (χ2v) is 9.41. The predicted molar refractivity (Wildman–Crippen MR) is 127 cm³/mol. The summed E-state index contributed by atoms with van der Waals surface area (Å²) in [6.45, 7) is 4.64. The van der Waals surface area contributed by atoms with Crippen LogP contribution in [-0.4, -0.2) is 46.8 Å². The summed E-state index contributed by atoms with van der Waals surface area (Å²) in [5.74, 6) is 0.513. The first kappa shape index (κ1) is 22.1. The number of carbonyl (C=O) groups is 2. The summed E-state index contributed by atoms with van der Waals surface area (Å²) in [6.07, 6.45) is 3.69. The van der Waals surface area contributed by atoms with Crippen molar-refractivity contribution in [1.29, 1.82) is 0 Å². The van der Waals surface area contributed by atoms with Crippen molar-refractivity contribution in [3.8, 4) is 10.4 Å². The number of carbonyl (C=O) groups excluding carboxylic acids is 2. The Morgan fingerprint density at radius 2 is 2.06 bits per heavy atom. The number of aryl methyl sites for hydroxylation is 2. The van der Waals surface area contributed by atoms with E-state index in [0.29, 0.717) is 36.6 Å². The van der Waals surface area contributed by atoms with Gasteiger partial charge in [-0.1, -0.05) is 30.3 Å². The molecule has 1 atom stereocenters. The second-order valence-electron chi connectivity index (χ2n) is 8.46. The fraction of sp³-hybridized carbons (Fsp3) is 0.360. The molecule has 0 radical (unpaired) electrons. The van der Waals surface area contributed by atoms with Gasteiger partial charge in [0, 0.05) is 31.2 Å².